The molecule has 2 aromatic carbocycles. The molecule has 0 amide bonds. The van der Waals surface area contributed by atoms with Gasteiger partial charge in [-0.2, -0.15) is 0 Å². The summed E-state index contributed by atoms with van der Waals surface area (Å²) in [5.74, 6) is 0.169. The van der Waals surface area contributed by atoms with E-state index in [1.54, 1.807) is 0 Å². The van der Waals surface area contributed by atoms with Gasteiger partial charge in [-0.25, -0.2) is 0 Å². The van der Waals surface area contributed by atoms with Gasteiger partial charge < -0.3 is 5.73 Å². The highest BCUT2D eigenvalue weighted by molar-refractivity contribution is 7.80. The van der Waals surface area contributed by atoms with Crippen LogP contribution in [-0.4, -0.2) is 4.99 Å². The van der Waals surface area contributed by atoms with Crippen molar-refractivity contribution in [1.82, 2.24) is 0 Å². The Morgan fingerprint density at radius 2 is 1.72 bits per heavy atom. The van der Waals surface area contributed by atoms with Crippen molar-refractivity contribution in [2.75, 3.05) is 0 Å². The van der Waals surface area contributed by atoms with E-state index in [0.29, 0.717) is 11.4 Å². The molecule has 2 N–H and O–H groups in total. The van der Waals surface area contributed by atoms with Crippen molar-refractivity contribution in [3.63, 3.8) is 0 Å². The highest BCUT2D eigenvalue weighted by Crippen LogP contribution is 2.29. The first kappa shape index (κ1) is 13.1. The fraction of sp³-hybridized carbons (Fsp3) is 0.133. The summed E-state index contributed by atoms with van der Waals surface area (Å²) >= 11 is 11.1. The first-order valence-corrected chi connectivity index (χ1v) is 6.54. The molecule has 2 aromatic rings. The van der Waals surface area contributed by atoms with E-state index in [4.69, 9.17) is 29.6 Å². The molecule has 92 valence electrons. The van der Waals surface area contributed by atoms with Gasteiger partial charge in [-0.15, -0.1) is 0 Å². The standard InChI is InChI=1S/C15H14ClNS/c16-13-8-4-7-12(9-13)14(10-15(17)18)11-5-2-1-3-6-11/h1-9,14H,10H2,(H2,17,18). The van der Waals surface area contributed by atoms with E-state index in [1.807, 2.05) is 36.4 Å². The fourth-order valence-electron chi connectivity index (χ4n) is 2.04. The second-order valence-corrected chi connectivity index (χ2v) is 5.15. The molecule has 2 rings (SSSR count). The van der Waals surface area contributed by atoms with Crippen LogP contribution in [0.4, 0.5) is 0 Å². The Morgan fingerprint density at radius 1 is 1.06 bits per heavy atom. The molecule has 3 heteroatoms. The molecular formula is C15H14ClNS. The van der Waals surface area contributed by atoms with E-state index in [-0.39, 0.29) is 5.92 Å². The minimum Gasteiger partial charge on any atom is -0.393 e. The third kappa shape index (κ3) is 3.31. The maximum Gasteiger partial charge on any atom is 0.0736 e. The van der Waals surface area contributed by atoms with Gasteiger partial charge in [0.1, 0.15) is 0 Å². The van der Waals surface area contributed by atoms with Crippen LogP contribution >= 0.6 is 23.8 Å². The van der Waals surface area contributed by atoms with Crippen molar-refractivity contribution in [2.45, 2.75) is 12.3 Å². The van der Waals surface area contributed by atoms with E-state index in [9.17, 15) is 0 Å². The smallest absolute Gasteiger partial charge is 0.0736 e. The molecular weight excluding hydrogens is 262 g/mol. The molecule has 0 aliphatic heterocycles. The first-order valence-electron chi connectivity index (χ1n) is 5.75. The Labute approximate surface area is 118 Å². The van der Waals surface area contributed by atoms with Crippen molar-refractivity contribution >= 4 is 28.8 Å². The zero-order chi connectivity index (χ0) is 13.0. The number of hydrogen-bond donors (Lipinski definition) is 1. The number of hydrogen-bond acceptors (Lipinski definition) is 1. The van der Waals surface area contributed by atoms with Gasteiger partial charge in [-0.3, -0.25) is 0 Å². The number of benzene rings is 2. The highest BCUT2D eigenvalue weighted by Gasteiger charge is 2.15. The van der Waals surface area contributed by atoms with Gasteiger partial charge >= 0.3 is 0 Å². The van der Waals surface area contributed by atoms with Crippen molar-refractivity contribution in [3.05, 3.63) is 70.7 Å². The molecule has 18 heavy (non-hydrogen) atoms. The molecule has 1 atom stereocenters. The summed E-state index contributed by atoms with van der Waals surface area (Å²) in [6.45, 7) is 0. The summed E-state index contributed by atoms with van der Waals surface area (Å²) < 4.78 is 0. The first-order chi connectivity index (χ1) is 8.66. The zero-order valence-electron chi connectivity index (χ0n) is 9.84. The minimum absolute atomic E-state index is 0.169. The lowest BCUT2D eigenvalue weighted by molar-refractivity contribution is 0.858. The van der Waals surface area contributed by atoms with Crippen LogP contribution in [0.5, 0.6) is 0 Å². The highest BCUT2D eigenvalue weighted by atomic mass is 35.5. The summed E-state index contributed by atoms with van der Waals surface area (Å²) in [7, 11) is 0. The Kier molecular flexibility index (Phi) is 4.34. The SMILES string of the molecule is NC(=S)CC(c1ccccc1)c1cccc(Cl)c1. The zero-order valence-corrected chi connectivity index (χ0v) is 11.4. The fourth-order valence-corrected chi connectivity index (χ4v) is 2.40. The molecule has 0 aliphatic carbocycles. The molecule has 0 saturated heterocycles. The van der Waals surface area contributed by atoms with Crippen LogP contribution in [0, 0.1) is 0 Å². The molecule has 0 aromatic heterocycles. The molecule has 0 spiro atoms. The quantitative estimate of drug-likeness (QED) is 0.849. The third-order valence-electron chi connectivity index (χ3n) is 2.86. The molecule has 0 bridgehead atoms. The van der Waals surface area contributed by atoms with Crippen LogP contribution in [-0.2, 0) is 0 Å². The van der Waals surface area contributed by atoms with Crippen LogP contribution in [0.3, 0.4) is 0 Å². The van der Waals surface area contributed by atoms with Crippen LogP contribution in [0.25, 0.3) is 0 Å². The molecule has 1 unspecified atom stereocenters. The second kappa shape index (κ2) is 5.98. The Balaban J connectivity index is 2.40. The topological polar surface area (TPSA) is 26.0 Å². The average Bonchev–Trinajstić information content (AvgIpc) is 2.37. The lowest BCUT2D eigenvalue weighted by atomic mass is 9.88. The van der Waals surface area contributed by atoms with Crippen LogP contribution in [0.1, 0.15) is 23.5 Å². The van der Waals surface area contributed by atoms with E-state index in [2.05, 4.69) is 18.2 Å². The second-order valence-electron chi connectivity index (χ2n) is 4.19. The number of nitrogens with two attached hydrogens (primary N) is 1. The summed E-state index contributed by atoms with van der Waals surface area (Å²) in [4.78, 5) is 0.517. The van der Waals surface area contributed by atoms with Crippen molar-refractivity contribution in [1.29, 1.82) is 0 Å². The average molecular weight is 276 g/mol. The lowest BCUT2D eigenvalue weighted by Gasteiger charge is -2.17. The van der Waals surface area contributed by atoms with Crippen LogP contribution in [0.2, 0.25) is 5.02 Å². The van der Waals surface area contributed by atoms with Gasteiger partial charge in [0, 0.05) is 17.4 Å². The largest absolute Gasteiger partial charge is 0.393 e. The maximum absolute atomic E-state index is 6.05. The molecule has 0 radical (unpaired) electrons. The van der Waals surface area contributed by atoms with E-state index >= 15 is 0 Å². The van der Waals surface area contributed by atoms with Crippen molar-refractivity contribution < 1.29 is 0 Å². The number of thiocarbonyl (C=S) groups is 1. The molecule has 0 fully saturated rings. The van der Waals surface area contributed by atoms with Gasteiger partial charge in [-0.05, 0) is 23.3 Å². The molecule has 0 heterocycles. The summed E-state index contributed by atoms with van der Waals surface area (Å²) in [6.07, 6.45) is 0.652. The van der Waals surface area contributed by atoms with Crippen LogP contribution in [0.15, 0.2) is 54.6 Å². The lowest BCUT2D eigenvalue weighted by Crippen LogP contribution is -2.14. The molecule has 0 aliphatic rings. The van der Waals surface area contributed by atoms with Gasteiger partial charge in [0.15, 0.2) is 0 Å². The minimum atomic E-state index is 0.169. The van der Waals surface area contributed by atoms with E-state index in [1.165, 1.54) is 5.56 Å². The normalized spacial score (nSPS) is 12.1. The monoisotopic (exact) mass is 275 g/mol. The van der Waals surface area contributed by atoms with Gasteiger partial charge in [-0.1, -0.05) is 66.3 Å². The Morgan fingerprint density at radius 3 is 2.33 bits per heavy atom. The van der Waals surface area contributed by atoms with E-state index in [0.717, 1.165) is 10.6 Å². The molecule has 0 saturated carbocycles. The Bertz CT molecular complexity index is 539. The number of rotatable bonds is 4. The Hall–Kier alpha value is -1.38. The van der Waals surface area contributed by atoms with Crippen molar-refractivity contribution in [2.24, 2.45) is 5.73 Å². The van der Waals surface area contributed by atoms with E-state index < -0.39 is 0 Å². The third-order valence-corrected chi connectivity index (χ3v) is 3.26. The number of halogens is 1. The van der Waals surface area contributed by atoms with Gasteiger partial charge in [0.05, 0.1) is 4.99 Å². The van der Waals surface area contributed by atoms with Gasteiger partial charge in [0.2, 0.25) is 0 Å². The summed E-state index contributed by atoms with van der Waals surface area (Å²) in [6, 6.07) is 18.1. The van der Waals surface area contributed by atoms with Gasteiger partial charge in [0.25, 0.3) is 0 Å². The summed E-state index contributed by atoms with van der Waals surface area (Å²) in [5, 5.41) is 0.733. The molecule has 1 nitrogen and oxygen atoms in total. The maximum atomic E-state index is 6.05. The predicted octanol–water partition coefficient (Wildman–Crippen LogP) is 4.15. The summed E-state index contributed by atoms with van der Waals surface area (Å²) in [5.41, 5.74) is 8.05. The van der Waals surface area contributed by atoms with Crippen molar-refractivity contribution in [3.8, 4) is 0 Å². The predicted molar refractivity (Wildman–Crippen MR) is 81.1 cm³/mol. The van der Waals surface area contributed by atoms with Crippen LogP contribution < -0.4 is 5.73 Å².